The Kier molecular flexibility index (Phi) is 5.04. The molecule has 0 radical (unpaired) electrons. The SMILES string of the molecule is Cc1ccc(-c2noc(-c3ccccc3S(=O)(=O)NCc3ccc(C)o3)n2)cc1. The van der Waals surface area contributed by atoms with Crippen molar-refractivity contribution >= 4 is 10.0 Å². The van der Waals surface area contributed by atoms with E-state index >= 15 is 0 Å². The minimum Gasteiger partial charge on any atom is -0.465 e. The molecular weight excluding hydrogens is 390 g/mol. The fourth-order valence-corrected chi connectivity index (χ4v) is 4.04. The van der Waals surface area contributed by atoms with E-state index in [0.29, 0.717) is 22.9 Å². The van der Waals surface area contributed by atoms with Crippen molar-refractivity contribution in [1.82, 2.24) is 14.9 Å². The molecule has 0 unspecified atom stereocenters. The van der Waals surface area contributed by atoms with Crippen LogP contribution in [0.25, 0.3) is 22.8 Å². The largest absolute Gasteiger partial charge is 0.465 e. The number of nitrogens with one attached hydrogen (secondary N) is 1. The topological polar surface area (TPSA) is 98.2 Å². The second-order valence-electron chi connectivity index (χ2n) is 6.62. The number of rotatable bonds is 6. The van der Waals surface area contributed by atoms with Gasteiger partial charge in [-0.25, -0.2) is 13.1 Å². The zero-order chi connectivity index (χ0) is 20.4. The van der Waals surface area contributed by atoms with Crippen LogP contribution in [0, 0.1) is 13.8 Å². The van der Waals surface area contributed by atoms with Gasteiger partial charge in [-0.15, -0.1) is 0 Å². The number of nitrogens with zero attached hydrogens (tertiary/aromatic N) is 2. The smallest absolute Gasteiger partial charge is 0.259 e. The summed E-state index contributed by atoms with van der Waals surface area (Å²) in [7, 11) is -3.83. The van der Waals surface area contributed by atoms with E-state index in [1.54, 1.807) is 37.3 Å². The summed E-state index contributed by atoms with van der Waals surface area (Å²) in [6, 6.07) is 17.7. The molecule has 2 aromatic carbocycles. The number of benzene rings is 2. The van der Waals surface area contributed by atoms with Crippen molar-refractivity contribution in [3.63, 3.8) is 0 Å². The number of furan rings is 1. The minimum atomic E-state index is -3.83. The van der Waals surface area contributed by atoms with E-state index in [4.69, 9.17) is 8.94 Å². The predicted molar refractivity (Wildman–Crippen MR) is 107 cm³/mol. The highest BCUT2D eigenvalue weighted by molar-refractivity contribution is 7.89. The zero-order valence-corrected chi connectivity index (χ0v) is 16.7. The second-order valence-corrected chi connectivity index (χ2v) is 8.36. The van der Waals surface area contributed by atoms with Crippen LogP contribution in [-0.4, -0.2) is 18.6 Å². The van der Waals surface area contributed by atoms with Gasteiger partial charge in [0, 0.05) is 5.56 Å². The van der Waals surface area contributed by atoms with Crippen LogP contribution in [0.15, 0.2) is 74.5 Å². The Morgan fingerprint density at radius 2 is 1.72 bits per heavy atom. The van der Waals surface area contributed by atoms with Gasteiger partial charge < -0.3 is 8.94 Å². The lowest BCUT2D eigenvalue weighted by atomic mass is 10.1. The number of hydrogen-bond donors (Lipinski definition) is 1. The van der Waals surface area contributed by atoms with Crippen molar-refractivity contribution in [3.05, 3.63) is 77.7 Å². The van der Waals surface area contributed by atoms with Gasteiger partial charge in [0.05, 0.1) is 17.0 Å². The maximum absolute atomic E-state index is 12.9. The van der Waals surface area contributed by atoms with E-state index in [-0.39, 0.29) is 17.3 Å². The average molecular weight is 409 g/mol. The van der Waals surface area contributed by atoms with Crippen molar-refractivity contribution in [2.45, 2.75) is 25.3 Å². The first-order valence-corrected chi connectivity index (χ1v) is 10.5. The Bertz CT molecular complexity index is 1240. The number of hydrogen-bond acceptors (Lipinski definition) is 6. The van der Waals surface area contributed by atoms with Crippen LogP contribution in [0.1, 0.15) is 17.1 Å². The summed E-state index contributed by atoms with van der Waals surface area (Å²) in [5.74, 6) is 1.78. The molecule has 0 aliphatic heterocycles. The first kappa shape index (κ1) is 19.1. The Balaban J connectivity index is 1.64. The highest BCUT2D eigenvalue weighted by Gasteiger charge is 2.23. The van der Waals surface area contributed by atoms with E-state index in [0.717, 1.165) is 11.1 Å². The molecule has 8 heteroatoms. The van der Waals surface area contributed by atoms with E-state index in [1.807, 2.05) is 31.2 Å². The molecule has 0 saturated carbocycles. The fraction of sp³-hybridized carbons (Fsp3) is 0.143. The fourth-order valence-electron chi connectivity index (χ4n) is 2.85. The van der Waals surface area contributed by atoms with Gasteiger partial charge in [0.1, 0.15) is 11.5 Å². The Hall–Kier alpha value is -3.23. The second kappa shape index (κ2) is 7.65. The maximum atomic E-state index is 12.9. The predicted octanol–water partition coefficient (Wildman–Crippen LogP) is 4.09. The van der Waals surface area contributed by atoms with Gasteiger partial charge in [0.2, 0.25) is 15.8 Å². The van der Waals surface area contributed by atoms with Crippen LogP contribution < -0.4 is 4.72 Å². The van der Waals surface area contributed by atoms with Crippen LogP contribution in [-0.2, 0) is 16.6 Å². The Labute approximate surface area is 168 Å². The molecule has 29 heavy (non-hydrogen) atoms. The number of aromatic nitrogens is 2. The standard InChI is InChI=1S/C21H19N3O4S/c1-14-7-10-16(11-8-14)20-23-21(28-24-20)18-5-3-4-6-19(18)29(25,26)22-13-17-12-9-15(2)27-17/h3-12,22H,13H2,1-2H3. The molecule has 4 rings (SSSR count). The molecule has 7 nitrogen and oxygen atoms in total. The lowest BCUT2D eigenvalue weighted by Gasteiger charge is -2.08. The highest BCUT2D eigenvalue weighted by atomic mass is 32.2. The third-order valence-electron chi connectivity index (χ3n) is 4.38. The molecule has 4 aromatic rings. The van der Waals surface area contributed by atoms with Gasteiger partial charge in [0.15, 0.2) is 0 Å². The molecule has 2 aromatic heterocycles. The van der Waals surface area contributed by atoms with Crippen molar-refractivity contribution in [1.29, 1.82) is 0 Å². The molecule has 0 spiro atoms. The van der Waals surface area contributed by atoms with Crippen LogP contribution in [0.2, 0.25) is 0 Å². The van der Waals surface area contributed by atoms with Gasteiger partial charge in [-0.3, -0.25) is 0 Å². The quantitative estimate of drug-likeness (QED) is 0.515. The molecule has 148 valence electrons. The normalized spacial score (nSPS) is 11.7. The summed E-state index contributed by atoms with van der Waals surface area (Å²) in [4.78, 5) is 4.45. The van der Waals surface area contributed by atoms with Crippen LogP contribution in [0.5, 0.6) is 0 Å². The Morgan fingerprint density at radius 1 is 0.966 bits per heavy atom. The first-order valence-electron chi connectivity index (χ1n) is 8.97. The molecule has 1 N–H and O–H groups in total. The molecule has 0 amide bonds. The van der Waals surface area contributed by atoms with E-state index in [9.17, 15) is 8.42 Å². The summed E-state index contributed by atoms with van der Waals surface area (Å²) in [5.41, 5.74) is 2.24. The molecule has 2 heterocycles. The van der Waals surface area contributed by atoms with Crippen LogP contribution >= 0.6 is 0 Å². The average Bonchev–Trinajstić information content (AvgIpc) is 3.36. The third-order valence-corrected chi connectivity index (χ3v) is 5.83. The first-order chi connectivity index (χ1) is 13.9. The molecule has 0 aliphatic rings. The molecule has 0 saturated heterocycles. The summed E-state index contributed by atoms with van der Waals surface area (Å²) in [6.07, 6.45) is 0. The number of sulfonamides is 1. The van der Waals surface area contributed by atoms with Gasteiger partial charge in [-0.05, 0) is 38.1 Å². The summed E-state index contributed by atoms with van der Waals surface area (Å²) < 4.78 is 39.1. The zero-order valence-electron chi connectivity index (χ0n) is 15.9. The molecule has 0 aliphatic carbocycles. The summed E-state index contributed by atoms with van der Waals surface area (Å²) in [6.45, 7) is 3.83. The van der Waals surface area contributed by atoms with Crippen LogP contribution in [0.3, 0.4) is 0 Å². The van der Waals surface area contributed by atoms with Gasteiger partial charge in [-0.1, -0.05) is 47.1 Å². The lowest BCUT2D eigenvalue weighted by Crippen LogP contribution is -2.23. The van der Waals surface area contributed by atoms with Gasteiger partial charge in [0.25, 0.3) is 5.89 Å². The Morgan fingerprint density at radius 3 is 2.45 bits per heavy atom. The van der Waals surface area contributed by atoms with E-state index < -0.39 is 10.0 Å². The maximum Gasteiger partial charge on any atom is 0.259 e. The van der Waals surface area contributed by atoms with E-state index in [2.05, 4.69) is 14.9 Å². The lowest BCUT2D eigenvalue weighted by molar-refractivity contribution is 0.431. The van der Waals surface area contributed by atoms with Crippen molar-refractivity contribution in [2.75, 3.05) is 0 Å². The van der Waals surface area contributed by atoms with Crippen molar-refractivity contribution < 1.29 is 17.4 Å². The third kappa shape index (κ3) is 4.13. The summed E-state index contributed by atoms with van der Waals surface area (Å²) >= 11 is 0. The molecule has 0 atom stereocenters. The van der Waals surface area contributed by atoms with Crippen LogP contribution in [0.4, 0.5) is 0 Å². The molecule has 0 bridgehead atoms. The summed E-state index contributed by atoms with van der Waals surface area (Å²) in [5, 5.41) is 4.00. The molecule has 0 fully saturated rings. The monoisotopic (exact) mass is 409 g/mol. The highest BCUT2D eigenvalue weighted by Crippen LogP contribution is 2.28. The number of aryl methyl sites for hydroxylation is 2. The van der Waals surface area contributed by atoms with E-state index in [1.165, 1.54) is 6.07 Å². The van der Waals surface area contributed by atoms with Gasteiger partial charge in [-0.2, -0.15) is 4.98 Å². The molecular formula is C21H19N3O4S. The van der Waals surface area contributed by atoms with Crippen molar-refractivity contribution in [3.8, 4) is 22.8 Å². The van der Waals surface area contributed by atoms with Crippen molar-refractivity contribution in [2.24, 2.45) is 0 Å². The minimum absolute atomic E-state index is 0.0446. The van der Waals surface area contributed by atoms with Gasteiger partial charge >= 0.3 is 0 Å².